The van der Waals surface area contributed by atoms with Gasteiger partial charge in [-0.1, -0.05) is 66.2 Å². The maximum atomic E-state index is 13.6. The second-order valence-electron chi connectivity index (χ2n) is 8.65. The highest BCUT2D eigenvalue weighted by atomic mass is 32.2. The van der Waals surface area contributed by atoms with E-state index in [0.717, 1.165) is 10.6 Å². The molecular formula is C29H21N3O6S. The van der Waals surface area contributed by atoms with Gasteiger partial charge in [0.2, 0.25) is 0 Å². The second kappa shape index (κ2) is 10.3. The number of aryl methyl sites for hydroxylation is 1. The van der Waals surface area contributed by atoms with Gasteiger partial charge in [0.1, 0.15) is 16.4 Å². The number of rotatable bonds is 7. The molecule has 0 saturated carbocycles. The van der Waals surface area contributed by atoms with Crippen LogP contribution in [0.4, 0.5) is 11.4 Å². The Kier molecular flexibility index (Phi) is 6.78. The summed E-state index contributed by atoms with van der Waals surface area (Å²) in [5.74, 6) is -0.446. The summed E-state index contributed by atoms with van der Waals surface area (Å²) in [5.41, 5.74) is 2.70. The highest BCUT2D eigenvalue weighted by Crippen LogP contribution is 2.31. The van der Waals surface area contributed by atoms with Crippen LogP contribution in [0.2, 0.25) is 0 Å². The van der Waals surface area contributed by atoms with Gasteiger partial charge in [0.25, 0.3) is 11.6 Å². The molecule has 0 aromatic heterocycles. The number of non-ortho nitro benzene ring substituents is 1. The standard InChI is InChI=1S/C29H21N3O6S/c1-20-11-17-25(18-12-20)39(36,37)38-27-10-6-5-9-22(27)19-26-28(21-7-3-2-4-8-21)30-31(29(26)33)23-13-15-24(16-14-23)32(34)35/h2-19H,1H3/b26-19+. The van der Waals surface area contributed by atoms with Crippen LogP contribution in [0.15, 0.2) is 119 Å². The number of carbonyl (C=O) groups is 1. The third-order valence-corrected chi connectivity index (χ3v) is 7.21. The lowest BCUT2D eigenvalue weighted by Crippen LogP contribution is -2.21. The van der Waals surface area contributed by atoms with Crippen molar-refractivity contribution < 1.29 is 22.3 Å². The maximum Gasteiger partial charge on any atom is 0.339 e. The summed E-state index contributed by atoms with van der Waals surface area (Å²) in [6, 6.07) is 27.3. The maximum absolute atomic E-state index is 13.6. The summed E-state index contributed by atoms with van der Waals surface area (Å²) < 4.78 is 31.4. The molecule has 0 bridgehead atoms. The van der Waals surface area contributed by atoms with E-state index in [-0.39, 0.29) is 21.9 Å². The van der Waals surface area contributed by atoms with Crippen molar-refractivity contribution in [1.29, 1.82) is 0 Å². The zero-order chi connectivity index (χ0) is 27.6. The van der Waals surface area contributed by atoms with Crippen LogP contribution in [0.25, 0.3) is 6.08 Å². The molecule has 194 valence electrons. The Morgan fingerprint density at radius 3 is 2.18 bits per heavy atom. The lowest BCUT2D eigenvalue weighted by molar-refractivity contribution is -0.384. The Labute approximate surface area is 224 Å². The first kappa shape index (κ1) is 25.6. The van der Waals surface area contributed by atoms with E-state index in [1.807, 2.05) is 13.0 Å². The summed E-state index contributed by atoms with van der Waals surface area (Å²) in [6.45, 7) is 1.85. The van der Waals surface area contributed by atoms with Gasteiger partial charge in [0.05, 0.1) is 16.2 Å². The highest BCUT2D eigenvalue weighted by molar-refractivity contribution is 7.87. The Balaban J connectivity index is 1.56. The number of nitro benzene ring substituents is 1. The number of hydrogen-bond donors (Lipinski definition) is 0. The number of nitrogens with zero attached hydrogens (tertiary/aromatic N) is 3. The van der Waals surface area contributed by atoms with Crippen LogP contribution < -0.4 is 9.19 Å². The number of para-hydroxylation sites is 1. The molecule has 0 N–H and O–H groups in total. The fourth-order valence-corrected chi connectivity index (χ4v) is 4.90. The van der Waals surface area contributed by atoms with E-state index >= 15 is 0 Å². The van der Waals surface area contributed by atoms with Crippen LogP contribution in [0.1, 0.15) is 16.7 Å². The number of nitro groups is 1. The molecule has 0 saturated heterocycles. The van der Waals surface area contributed by atoms with E-state index < -0.39 is 20.9 Å². The molecule has 0 aliphatic carbocycles. The second-order valence-corrected chi connectivity index (χ2v) is 10.2. The van der Waals surface area contributed by atoms with Gasteiger partial charge in [-0.3, -0.25) is 14.9 Å². The Hall–Kier alpha value is -5.09. The van der Waals surface area contributed by atoms with Crippen molar-refractivity contribution >= 4 is 39.2 Å². The van der Waals surface area contributed by atoms with Gasteiger partial charge in [-0.25, -0.2) is 0 Å². The van der Waals surface area contributed by atoms with E-state index in [9.17, 15) is 23.3 Å². The van der Waals surface area contributed by atoms with E-state index in [0.29, 0.717) is 22.5 Å². The molecule has 0 radical (unpaired) electrons. The fraction of sp³-hybridized carbons (Fsp3) is 0.0345. The molecule has 0 spiro atoms. The van der Waals surface area contributed by atoms with Crippen LogP contribution in [0.3, 0.4) is 0 Å². The van der Waals surface area contributed by atoms with Crippen LogP contribution in [-0.2, 0) is 14.9 Å². The van der Waals surface area contributed by atoms with E-state index in [1.54, 1.807) is 54.6 Å². The Morgan fingerprint density at radius 1 is 0.872 bits per heavy atom. The zero-order valence-corrected chi connectivity index (χ0v) is 21.4. The SMILES string of the molecule is Cc1ccc(S(=O)(=O)Oc2ccccc2/C=C2/C(=O)N(c3ccc([N+](=O)[O-])cc3)N=C2c2ccccc2)cc1. The summed E-state index contributed by atoms with van der Waals surface area (Å²) in [7, 11) is -4.14. The molecule has 1 heterocycles. The van der Waals surface area contributed by atoms with Gasteiger partial charge in [0.15, 0.2) is 0 Å². The number of carbonyl (C=O) groups excluding carboxylic acids is 1. The molecule has 0 atom stereocenters. The van der Waals surface area contributed by atoms with Gasteiger partial charge in [-0.15, -0.1) is 0 Å². The number of hydrogen-bond acceptors (Lipinski definition) is 7. The monoisotopic (exact) mass is 539 g/mol. The van der Waals surface area contributed by atoms with Crippen molar-refractivity contribution in [2.24, 2.45) is 5.10 Å². The first-order valence-electron chi connectivity index (χ1n) is 11.8. The molecular weight excluding hydrogens is 518 g/mol. The Morgan fingerprint density at radius 2 is 1.51 bits per heavy atom. The van der Waals surface area contributed by atoms with E-state index in [4.69, 9.17) is 4.18 Å². The van der Waals surface area contributed by atoms with Crippen LogP contribution in [0.5, 0.6) is 5.75 Å². The number of amides is 1. The topological polar surface area (TPSA) is 119 Å². The van der Waals surface area contributed by atoms with Crippen LogP contribution in [0, 0.1) is 17.0 Å². The number of hydrazone groups is 1. The molecule has 9 nitrogen and oxygen atoms in total. The first-order valence-corrected chi connectivity index (χ1v) is 13.2. The first-order chi connectivity index (χ1) is 18.7. The van der Waals surface area contributed by atoms with Gasteiger partial charge < -0.3 is 4.18 Å². The molecule has 39 heavy (non-hydrogen) atoms. The molecule has 0 unspecified atom stereocenters. The fourth-order valence-electron chi connectivity index (χ4n) is 3.95. The minimum atomic E-state index is -4.14. The van der Waals surface area contributed by atoms with E-state index in [1.165, 1.54) is 48.5 Å². The Bertz CT molecular complexity index is 1730. The van der Waals surface area contributed by atoms with Crippen molar-refractivity contribution in [3.05, 3.63) is 136 Å². The lowest BCUT2D eigenvalue weighted by atomic mass is 10.00. The van der Waals surface area contributed by atoms with Crippen molar-refractivity contribution in [2.75, 3.05) is 5.01 Å². The average molecular weight is 540 g/mol. The van der Waals surface area contributed by atoms with Crippen molar-refractivity contribution in [1.82, 2.24) is 0 Å². The average Bonchev–Trinajstić information content (AvgIpc) is 3.26. The smallest absolute Gasteiger partial charge is 0.339 e. The molecule has 1 aliphatic heterocycles. The van der Waals surface area contributed by atoms with Gasteiger partial charge in [-0.2, -0.15) is 18.5 Å². The normalized spacial score (nSPS) is 14.4. The van der Waals surface area contributed by atoms with Crippen LogP contribution in [-0.4, -0.2) is 25.0 Å². The zero-order valence-electron chi connectivity index (χ0n) is 20.6. The van der Waals surface area contributed by atoms with Crippen molar-refractivity contribution in [3.63, 3.8) is 0 Å². The molecule has 0 fully saturated rings. The number of anilines is 1. The summed E-state index contributed by atoms with van der Waals surface area (Å²) in [6.07, 6.45) is 1.53. The van der Waals surface area contributed by atoms with Crippen molar-refractivity contribution in [3.8, 4) is 5.75 Å². The van der Waals surface area contributed by atoms with Gasteiger partial charge >= 0.3 is 10.1 Å². The van der Waals surface area contributed by atoms with Gasteiger partial charge in [0, 0.05) is 23.3 Å². The van der Waals surface area contributed by atoms with Crippen molar-refractivity contribution in [2.45, 2.75) is 11.8 Å². The lowest BCUT2D eigenvalue weighted by Gasteiger charge is -2.12. The third kappa shape index (κ3) is 5.32. The molecule has 4 aromatic rings. The molecule has 5 rings (SSSR count). The minimum Gasteiger partial charge on any atom is -0.378 e. The molecule has 1 amide bonds. The summed E-state index contributed by atoms with van der Waals surface area (Å²) >= 11 is 0. The predicted octanol–water partition coefficient (Wildman–Crippen LogP) is 5.51. The third-order valence-electron chi connectivity index (χ3n) is 5.96. The van der Waals surface area contributed by atoms with Gasteiger partial charge in [-0.05, 0) is 43.3 Å². The quantitative estimate of drug-likeness (QED) is 0.132. The van der Waals surface area contributed by atoms with E-state index in [2.05, 4.69) is 5.10 Å². The summed E-state index contributed by atoms with van der Waals surface area (Å²) in [4.78, 5) is 24.1. The molecule has 4 aromatic carbocycles. The summed E-state index contributed by atoms with van der Waals surface area (Å²) in [5, 5.41) is 16.7. The molecule has 1 aliphatic rings. The minimum absolute atomic E-state index is 0.00313. The largest absolute Gasteiger partial charge is 0.378 e. The predicted molar refractivity (Wildman–Crippen MR) is 147 cm³/mol. The highest BCUT2D eigenvalue weighted by Gasteiger charge is 2.32. The van der Waals surface area contributed by atoms with Crippen LogP contribution >= 0.6 is 0 Å². The molecule has 10 heteroatoms. The number of benzene rings is 4.